The largest absolute Gasteiger partial charge is 0.349 e. The van der Waals surface area contributed by atoms with Gasteiger partial charge in [-0.05, 0) is 19.4 Å². The Morgan fingerprint density at radius 3 is 2.80 bits per heavy atom. The molecule has 0 bridgehead atoms. The summed E-state index contributed by atoms with van der Waals surface area (Å²) in [5.74, 6) is -0.286. The molecule has 15 heavy (non-hydrogen) atoms. The summed E-state index contributed by atoms with van der Waals surface area (Å²) in [5.41, 5.74) is 0.247. The number of aromatic nitrogens is 2. The minimum atomic E-state index is -0.286. The number of nitrogens with one attached hydrogen (secondary N) is 1. The second-order valence-electron chi connectivity index (χ2n) is 3.15. The lowest BCUT2D eigenvalue weighted by Crippen LogP contribution is -2.32. The Morgan fingerprint density at radius 1 is 1.53 bits per heavy atom. The second kappa shape index (κ2) is 5.28. The molecule has 1 N–H and O–H groups in total. The summed E-state index contributed by atoms with van der Waals surface area (Å²) < 4.78 is 0. The molecule has 1 aromatic rings. The van der Waals surface area contributed by atoms with E-state index in [1.165, 1.54) is 6.07 Å². The Bertz CT molecular complexity index is 370. The molecular formula is C9H11Cl2N3O. The first kappa shape index (κ1) is 12.2. The molecule has 1 amide bonds. The SMILES string of the molecule is CCC(C)NC(=O)c1cc(Cl)nnc1Cl. The summed E-state index contributed by atoms with van der Waals surface area (Å²) in [7, 11) is 0. The third-order valence-corrected chi connectivity index (χ3v) is 2.42. The van der Waals surface area contributed by atoms with Crippen molar-refractivity contribution in [3.63, 3.8) is 0 Å². The van der Waals surface area contributed by atoms with E-state index in [1.807, 2.05) is 13.8 Å². The molecule has 0 aliphatic rings. The molecule has 6 heteroatoms. The molecule has 0 radical (unpaired) electrons. The van der Waals surface area contributed by atoms with Gasteiger partial charge in [0.15, 0.2) is 10.3 Å². The molecule has 1 aromatic heterocycles. The Labute approximate surface area is 98.0 Å². The summed E-state index contributed by atoms with van der Waals surface area (Å²) in [6.07, 6.45) is 0.843. The fourth-order valence-electron chi connectivity index (χ4n) is 0.916. The molecule has 0 aliphatic heterocycles. The maximum absolute atomic E-state index is 11.7. The lowest BCUT2D eigenvalue weighted by Gasteiger charge is -2.11. The fraction of sp³-hybridized carbons (Fsp3) is 0.444. The molecule has 0 aromatic carbocycles. The van der Waals surface area contributed by atoms with E-state index in [-0.39, 0.29) is 27.8 Å². The van der Waals surface area contributed by atoms with Crippen molar-refractivity contribution >= 4 is 29.1 Å². The Kier molecular flexibility index (Phi) is 4.29. The van der Waals surface area contributed by atoms with Crippen LogP contribution in [-0.2, 0) is 0 Å². The molecule has 0 saturated heterocycles. The van der Waals surface area contributed by atoms with E-state index in [4.69, 9.17) is 23.2 Å². The maximum atomic E-state index is 11.7. The number of carbonyl (C=O) groups is 1. The van der Waals surface area contributed by atoms with Crippen molar-refractivity contribution in [2.24, 2.45) is 0 Å². The summed E-state index contributed by atoms with van der Waals surface area (Å²) in [5, 5.41) is 10.0. The van der Waals surface area contributed by atoms with Crippen LogP contribution in [0.4, 0.5) is 0 Å². The molecule has 1 atom stereocenters. The van der Waals surface area contributed by atoms with Crippen LogP contribution in [0.1, 0.15) is 30.6 Å². The van der Waals surface area contributed by atoms with Crippen molar-refractivity contribution in [2.75, 3.05) is 0 Å². The van der Waals surface area contributed by atoms with Crippen LogP contribution < -0.4 is 5.32 Å². The van der Waals surface area contributed by atoms with Crippen molar-refractivity contribution < 1.29 is 4.79 Å². The lowest BCUT2D eigenvalue weighted by molar-refractivity contribution is 0.0939. The minimum absolute atomic E-state index is 0.0557. The van der Waals surface area contributed by atoms with Crippen molar-refractivity contribution in [3.05, 3.63) is 21.9 Å². The summed E-state index contributed by atoms with van der Waals surface area (Å²) in [6, 6.07) is 1.48. The average Bonchev–Trinajstić information content (AvgIpc) is 2.21. The van der Waals surface area contributed by atoms with Crippen LogP contribution in [0.15, 0.2) is 6.07 Å². The van der Waals surface area contributed by atoms with E-state index in [9.17, 15) is 4.79 Å². The van der Waals surface area contributed by atoms with Gasteiger partial charge in [0.05, 0.1) is 5.56 Å². The maximum Gasteiger partial charge on any atom is 0.254 e. The number of hydrogen-bond acceptors (Lipinski definition) is 3. The number of rotatable bonds is 3. The van der Waals surface area contributed by atoms with Crippen molar-refractivity contribution in [2.45, 2.75) is 26.3 Å². The third-order valence-electron chi connectivity index (χ3n) is 1.95. The van der Waals surface area contributed by atoms with E-state index >= 15 is 0 Å². The Balaban J connectivity index is 2.86. The molecular weight excluding hydrogens is 237 g/mol. The van der Waals surface area contributed by atoms with Gasteiger partial charge in [-0.2, -0.15) is 0 Å². The van der Waals surface area contributed by atoms with E-state index in [2.05, 4.69) is 15.5 Å². The summed E-state index contributed by atoms with van der Waals surface area (Å²) in [4.78, 5) is 11.7. The highest BCUT2D eigenvalue weighted by Crippen LogP contribution is 2.15. The number of amides is 1. The van der Waals surface area contributed by atoms with Crippen molar-refractivity contribution in [3.8, 4) is 0 Å². The fourth-order valence-corrected chi connectivity index (χ4v) is 1.24. The molecule has 0 saturated carbocycles. The van der Waals surface area contributed by atoms with Crippen LogP contribution in [0.5, 0.6) is 0 Å². The zero-order chi connectivity index (χ0) is 11.4. The predicted octanol–water partition coefficient (Wildman–Crippen LogP) is 2.31. The quantitative estimate of drug-likeness (QED) is 0.892. The molecule has 4 nitrogen and oxygen atoms in total. The molecule has 1 rings (SSSR count). The summed E-state index contributed by atoms with van der Waals surface area (Å²) >= 11 is 11.3. The normalized spacial score (nSPS) is 12.3. The predicted molar refractivity (Wildman–Crippen MR) is 59.3 cm³/mol. The lowest BCUT2D eigenvalue weighted by atomic mass is 10.2. The molecule has 1 unspecified atom stereocenters. The topological polar surface area (TPSA) is 54.9 Å². The van der Waals surface area contributed by atoms with Gasteiger partial charge in [-0.1, -0.05) is 30.1 Å². The highest BCUT2D eigenvalue weighted by molar-refractivity contribution is 6.34. The first-order valence-electron chi connectivity index (χ1n) is 4.54. The Morgan fingerprint density at radius 2 is 2.20 bits per heavy atom. The van der Waals surface area contributed by atoms with Crippen molar-refractivity contribution in [1.82, 2.24) is 15.5 Å². The van der Waals surface area contributed by atoms with Crippen molar-refractivity contribution in [1.29, 1.82) is 0 Å². The van der Waals surface area contributed by atoms with E-state index in [0.717, 1.165) is 6.42 Å². The number of halogens is 2. The number of hydrogen-bond donors (Lipinski definition) is 1. The third kappa shape index (κ3) is 3.32. The van der Waals surface area contributed by atoms with E-state index in [0.29, 0.717) is 0 Å². The molecule has 82 valence electrons. The zero-order valence-corrected chi connectivity index (χ0v) is 9.93. The van der Waals surface area contributed by atoms with Crippen LogP contribution in [0, 0.1) is 0 Å². The van der Waals surface area contributed by atoms with Gasteiger partial charge in [0.1, 0.15) is 0 Å². The van der Waals surface area contributed by atoms with Crippen LogP contribution in [0.25, 0.3) is 0 Å². The Hall–Kier alpha value is -0.870. The monoisotopic (exact) mass is 247 g/mol. The first-order chi connectivity index (χ1) is 7.04. The van der Waals surface area contributed by atoms with E-state index in [1.54, 1.807) is 0 Å². The highest BCUT2D eigenvalue weighted by atomic mass is 35.5. The van der Waals surface area contributed by atoms with Gasteiger partial charge in [-0.3, -0.25) is 4.79 Å². The van der Waals surface area contributed by atoms with Gasteiger partial charge >= 0.3 is 0 Å². The minimum Gasteiger partial charge on any atom is -0.349 e. The second-order valence-corrected chi connectivity index (χ2v) is 3.90. The van der Waals surface area contributed by atoms with Crippen LogP contribution in [-0.4, -0.2) is 22.1 Å². The number of carbonyl (C=O) groups excluding carboxylic acids is 1. The molecule has 0 spiro atoms. The van der Waals surface area contributed by atoms with Gasteiger partial charge in [-0.25, -0.2) is 0 Å². The van der Waals surface area contributed by atoms with Crippen LogP contribution in [0.3, 0.4) is 0 Å². The van der Waals surface area contributed by atoms with Gasteiger partial charge in [0.25, 0.3) is 5.91 Å². The van der Waals surface area contributed by atoms with Crippen LogP contribution >= 0.6 is 23.2 Å². The molecule has 1 heterocycles. The van der Waals surface area contributed by atoms with Crippen LogP contribution in [0.2, 0.25) is 10.3 Å². The number of nitrogens with zero attached hydrogens (tertiary/aromatic N) is 2. The van der Waals surface area contributed by atoms with Gasteiger partial charge in [-0.15, -0.1) is 10.2 Å². The molecule has 0 fully saturated rings. The first-order valence-corrected chi connectivity index (χ1v) is 5.29. The van der Waals surface area contributed by atoms with Gasteiger partial charge in [0, 0.05) is 6.04 Å². The highest BCUT2D eigenvalue weighted by Gasteiger charge is 2.14. The zero-order valence-electron chi connectivity index (χ0n) is 8.42. The van der Waals surface area contributed by atoms with Gasteiger partial charge in [0.2, 0.25) is 0 Å². The standard InChI is InChI=1S/C9H11Cl2N3O/c1-3-5(2)12-9(15)6-4-7(10)13-14-8(6)11/h4-5H,3H2,1-2H3,(H,12,15). The molecule has 0 aliphatic carbocycles. The van der Waals surface area contributed by atoms with E-state index < -0.39 is 0 Å². The smallest absolute Gasteiger partial charge is 0.254 e. The van der Waals surface area contributed by atoms with Gasteiger partial charge < -0.3 is 5.32 Å². The summed E-state index contributed by atoms with van der Waals surface area (Å²) in [6.45, 7) is 3.88. The average molecular weight is 248 g/mol.